The van der Waals surface area contributed by atoms with Crippen molar-refractivity contribution < 1.29 is 24.2 Å². The molecule has 1 aliphatic carbocycles. The largest absolute Gasteiger partial charge is 0.479 e. The van der Waals surface area contributed by atoms with Crippen LogP contribution in [0.4, 0.5) is 4.79 Å². The Labute approximate surface area is 206 Å². The fourth-order valence-electron chi connectivity index (χ4n) is 5.61. The highest BCUT2D eigenvalue weighted by molar-refractivity contribution is 5.89. The molecular weight excluding hydrogens is 444 g/mol. The Bertz CT molecular complexity index is 1070. The fraction of sp³-hybridized carbons (Fsp3) is 0.464. The van der Waals surface area contributed by atoms with E-state index < -0.39 is 29.6 Å². The summed E-state index contributed by atoms with van der Waals surface area (Å²) < 4.78 is 5.61. The zero-order valence-electron chi connectivity index (χ0n) is 20.6. The van der Waals surface area contributed by atoms with Crippen LogP contribution < -0.4 is 5.32 Å². The fourth-order valence-corrected chi connectivity index (χ4v) is 5.61. The van der Waals surface area contributed by atoms with E-state index >= 15 is 0 Å². The summed E-state index contributed by atoms with van der Waals surface area (Å²) in [5.41, 5.74) is 3.43. The Hall–Kier alpha value is -3.35. The van der Waals surface area contributed by atoms with E-state index in [9.17, 15) is 19.5 Å². The maximum atomic E-state index is 13.3. The van der Waals surface area contributed by atoms with E-state index in [1.54, 1.807) is 13.8 Å². The molecule has 186 valence electrons. The van der Waals surface area contributed by atoms with Gasteiger partial charge >= 0.3 is 12.1 Å². The number of carbonyl (C=O) groups excluding carboxylic acids is 2. The highest BCUT2D eigenvalue weighted by Gasteiger charge is 2.50. The van der Waals surface area contributed by atoms with Gasteiger partial charge in [-0.2, -0.15) is 0 Å². The number of ether oxygens (including phenoxy) is 1. The van der Waals surface area contributed by atoms with Gasteiger partial charge in [-0.3, -0.25) is 4.79 Å². The molecule has 2 aromatic carbocycles. The van der Waals surface area contributed by atoms with Crippen LogP contribution in [0.2, 0.25) is 0 Å². The van der Waals surface area contributed by atoms with Gasteiger partial charge in [0.05, 0.1) is 5.92 Å². The van der Waals surface area contributed by atoms with Crippen LogP contribution in [0.15, 0.2) is 48.5 Å². The Kier molecular flexibility index (Phi) is 7.15. The number of fused-ring (bicyclic) bond motifs is 3. The van der Waals surface area contributed by atoms with Crippen LogP contribution in [0.5, 0.6) is 0 Å². The number of carbonyl (C=O) groups is 3. The first kappa shape index (κ1) is 24.8. The van der Waals surface area contributed by atoms with Gasteiger partial charge in [0.15, 0.2) is 0 Å². The molecule has 2 N–H and O–H groups in total. The summed E-state index contributed by atoms with van der Waals surface area (Å²) >= 11 is 0. The Morgan fingerprint density at radius 3 is 2.26 bits per heavy atom. The first-order chi connectivity index (χ1) is 16.8. The Morgan fingerprint density at radius 2 is 1.69 bits per heavy atom. The van der Waals surface area contributed by atoms with Gasteiger partial charge < -0.3 is 20.1 Å². The molecule has 1 heterocycles. The van der Waals surface area contributed by atoms with Crippen LogP contribution in [0, 0.1) is 5.92 Å². The number of nitrogens with one attached hydrogen (secondary N) is 1. The van der Waals surface area contributed by atoms with E-state index in [2.05, 4.69) is 29.6 Å². The minimum Gasteiger partial charge on any atom is -0.479 e. The van der Waals surface area contributed by atoms with Gasteiger partial charge in [0.25, 0.3) is 0 Å². The monoisotopic (exact) mass is 478 g/mol. The van der Waals surface area contributed by atoms with Gasteiger partial charge in [0.1, 0.15) is 12.1 Å². The average Bonchev–Trinajstić information content (AvgIpc) is 3.42. The molecule has 1 saturated heterocycles. The van der Waals surface area contributed by atoms with E-state index in [0.717, 1.165) is 22.3 Å². The molecule has 3 unspecified atom stereocenters. The van der Waals surface area contributed by atoms with Gasteiger partial charge in [-0.15, -0.1) is 0 Å². The highest BCUT2D eigenvalue weighted by atomic mass is 16.5. The molecule has 1 aliphatic heterocycles. The van der Waals surface area contributed by atoms with Crippen LogP contribution in [0.3, 0.4) is 0 Å². The van der Waals surface area contributed by atoms with E-state index in [-0.39, 0.29) is 18.4 Å². The third-order valence-electron chi connectivity index (χ3n) is 7.65. The number of rotatable bonds is 8. The topological polar surface area (TPSA) is 95.9 Å². The number of benzene rings is 2. The van der Waals surface area contributed by atoms with Crippen molar-refractivity contribution in [1.82, 2.24) is 10.2 Å². The second-order valence-corrected chi connectivity index (χ2v) is 9.73. The number of carboxylic acids is 1. The lowest BCUT2D eigenvalue weighted by Gasteiger charge is -2.37. The molecule has 0 spiro atoms. The predicted molar refractivity (Wildman–Crippen MR) is 133 cm³/mol. The van der Waals surface area contributed by atoms with Crippen molar-refractivity contribution in [3.05, 3.63) is 59.7 Å². The molecule has 2 aromatic rings. The second kappa shape index (κ2) is 10.1. The highest BCUT2D eigenvalue weighted by Crippen LogP contribution is 2.44. The average molecular weight is 479 g/mol. The van der Waals surface area contributed by atoms with Crippen molar-refractivity contribution in [3.63, 3.8) is 0 Å². The minimum absolute atomic E-state index is 0.0441. The van der Waals surface area contributed by atoms with Gasteiger partial charge in [0, 0.05) is 18.5 Å². The second-order valence-electron chi connectivity index (χ2n) is 9.73. The summed E-state index contributed by atoms with van der Waals surface area (Å²) in [6, 6.07) is 15.8. The van der Waals surface area contributed by atoms with Crippen molar-refractivity contribution in [2.75, 3.05) is 13.2 Å². The number of amides is 2. The maximum absolute atomic E-state index is 13.3. The Balaban J connectivity index is 1.38. The first-order valence-corrected chi connectivity index (χ1v) is 12.5. The number of hydrogen-bond donors (Lipinski definition) is 2. The molecule has 1 fully saturated rings. The summed E-state index contributed by atoms with van der Waals surface area (Å²) in [7, 11) is 0. The maximum Gasteiger partial charge on any atom is 0.407 e. The SMILES string of the molecule is CCCC1(C(=O)O)CCCN1C(=O)C(C)C(C)NC(=O)OCC1c2ccccc2-c2ccccc21. The third-order valence-corrected chi connectivity index (χ3v) is 7.65. The van der Waals surface area contributed by atoms with Crippen LogP contribution in [0.25, 0.3) is 11.1 Å². The number of aliphatic carboxylic acids is 1. The minimum atomic E-state index is -1.15. The molecular formula is C28H34N2O5. The van der Waals surface area contributed by atoms with Crippen LogP contribution in [-0.4, -0.2) is 52.7 Å². The van der Waals surface area contributed by atoms with Crippen LogP contribution >= 0.6 is 0 Å². The normalized spacial score (nSPS) is 20.6. The summed E-state index contributed by atoms with van der Waals surface area (Å²) in [5.74, 6) is -1.82. The smallest absolute Gasteiger partial charge is 0.407 e. The van der Waals surface area contributed by atoms with Crippen molar-refractivity contribution in [2.24, 2.45) is 5.92 Å². The van der Waals surface area contributed by atoms with E-state index in [4.69, 9.17) is 4.74 Å². The number of alkyl carbamates (subject to hydrolysis) is 1. The van der Waals surface area contributed by atoms with Crippen LogP contribution in [0.1, 0.15) is 63.5 Å². The van der Waals surface area contributed by atoms with Gasteiger partial charge in [-0.25, -0.2) is 9.59 Å². The number of hydrogen-bond acceptors (Lipinski definition) is 4. The molecule has 3 atom stereocenters. The van der Waals surface area contributed by atoms with Gasteiger partial charge in [-0.1, -0.05) is 68.8 Å². The molecule has 2 amide bonds. The molecule has 4 rings (SSSR count). The molecule has 35 heavy (non-hydrogen) atoms. The molecule has 7 nitrogen and oxygen atoms in total. The standard InChI is InChI=1S/C28H34N2O5/c1-4-14-28(26(32)33)15-9-16-30(28)25(31)18(2)19(3)29-27(34)35-17-24-22-12-7-5-10-20(22)21-11-6-8-13-23(21)24/h5-8,10-13,18-19,24H,4,9,14-17H2,1-3H3,(H,29,34)(H,32,33). The number of likely N-dealkylation sites (tertiary alicyclic amines) is 1. The van der Waals surface area contributed by atoms with Crippen molar-refractivity contribution in [2.45, 2.75) is 64.0 Å². The lowest BCUT2D eigenvalue weighted by Crippen LogP contribution is -2.56. The first-order valence-electron chi connectivity index (χ1n) is 12.5. The Morgan fingerprint density at radius 1 is 1.09 bits per heavy atom. The zero-order chi connectivity index (χ0) is 25.2. The summed E-state index contributed by atoms with van der Waals surface area (Å²) in [4.78, 5) is 39.6. The van der Waals surface area contributed by atoms with Gasteiger partial charge in [-0.05, 0) is 48.4 Å². The molecule has 7 heteroatoms. The van der Waals surface area contributed by atoms with E-state index in [0.29, 0.717) is 32.2 Å². The van der Waals surface area contributed by atoms with Gasteiger partial charge in [0.2, 0.25) is 5.91 Å². The van der Waals surface area contributed by atoms with Crippen molar-refractivity contribution >= 4 is 18.0 Å². The predicted octanol–water partition coefficient (Wildman–Crippen LogP) is 4.80. The number of carboxylic acid groups (broad SMARTS) is 1. The zero-order valence-corrected chi connectivity index (χ0v) is 20.6. The molecule has 0 radical (unpaired) electrons. The summed E-state index contributed by atoms with van der Waals surface area (Å²) in [6.45, 7) is 6.03. The molecule has 0 saturated carbocycles. The number of nitrogens with zero attached hydrogens (tertiary/aromatic N) is 1. The van der Waals surface area contributed by atoms with Crippen molar-refractivity contribution in [3.8, 4) is 11.1 Å². The molecule has 0 bridgehead atoms. The van der Waals surface area contributed by atoms with Crippen molar-refractivity contribution in [1.29, 1.82) is 0 Å². The molecule has 2 aliphatic rings. The van der Waals surface area contributed by atoms with Crippen LogP contribution in [-0.2, 0) is 14.3 Å². The molecule has 0 aromatic heterocycles. The van der Waals surface area contributed by atoms with E-state index in [1.165, 1.54) is 4.90 Å². The third kappa shape index (κ3) is 4.51. The summed E-state index contributed by atoms with van der Waals surface area (Å²) in [5, 5.41) is 12.7. The quantitative estimate of drug-likeness (QED) is 0.568. The lowest BCUT2D eigenvalue weighted by molar-refractivity contribution is -0.159. The van der Waals surface area contributed by atoms with E-state index in [1.807, 2.05) is 31.2 Å². The summed E-state index contributed by atoms with van der Waals surface area (Å²) in [6.07, 6.45) is 1.65. The lowest BCUT2D eigenvalue weighted by atomic mass is 9.89.